The van der Waals surface area contributed by atoms with Gasteiger partial charge in [0, 0.05) is 11.4 Å². The quantitative estimate of drug-likeness (QED) is 0.687. The molecular formula is C13H11N3O. The lowest BCUT2D eigenvalue weighted by Crippen LogP contribution is -2.30. The lowest BCUT2D eigenvalue weighted by atomic mass is 10.2. The van der Waals surface area contributed by atoms with E-state index in [9.17, 15) is 4.79 Å². The SMILES string of the molecule is NC(=O)C1=NC2=c3ccccc3=CC=CN2C1. The number of rotatable bonds is 1. The van der Waals surface area contributed by atoms with Gasteiger partial charge in [0.1, 0.15) is 11.5 Å². The third-order valence-electron chi connectivity index (χ3n) is 2.86. The number of nitrogens with two attached hydrogens (primary N) is 1. The molecule has 3 rings (SSSR count). The van der Waals surface area contributed by atoms with Crippen molar-refractivity contribution in [2.24, 2.45) is 10.7 Å². The Hall–Kier alpha value is -2.36. The second-order valence-corrected chi connectivity index (χ2v) is 3.97. The second-order valence-electron chi connectivity index (χ2n) is 3.97. The molecule has 0 aliphatic carbocycles. The summed E-state index contributed by atoms with van der Waals surface area (Å²) in [7, 11) is 0. The van der Waals surface area contributed by atoms with Crippen LogP contribution in [0.3, 0.4) is 0 Å². The molecule has 2 N–H and O–H groups in total. The third-order valence-corrected chi connectivity index (χ3v) is 2.86. The van der Waals surface area contributed by atoms with Crippen LogP contribution in [0.5, 0.6) is 0 Å². The molecular weight excluding hydrogens is 214 g/mol. The standard InChI is InChI=1S/C13H11N3O/c14-12(17)11-8-16-7-3-5-9-4-1-2-6-10(9)13(16)15-11/h1-7H,8H2,(H2,14,17). The van der Waals surface area contributed by atoms with Crippen LogP contribution in [0.1, 0.15) is 0 Å². The molecule has 0 spiro atoms. The van der Waals surface area contributed by atoms with Gasteiger partial charge >= 0.3 is 0 Å². The molecule has 0 fully saturated rings. The molecule has 2 heterocycles. The van der Waals surface area contributed by atoms with E-state index in [1.807, 2.05) is 47.5 Å². The first-order chi connectivity index (χ1) is 8.25. The molecule has 17 heavy (non-hydrogen) atoms. The Labute approximate surface area is 98.1 Å². The van der Waals surface area contributed by atoms with E-state index in [0.29, 0.717) is 12.3 Å². The number of allylic oxidation sites excluding steroid dienone is 1. The summed E-state index contributed by atoms with van der Waals surface area (Å²) >= 11 is 0. The van der Waals surface area contributed by atoms with Crippen LogP contribution in [0.15, 0.2) is 41.5 Å². The van der Waals surface area contributed by atoms with Gasteiger partial charge in [-0.2, -0.15) is 0 Å². The van der Waals surface area contributed by atoms with Crippen molar-refractivity contribution in [1.82, 2.24) is 4.90 Å². The molecule has 0 unspecified atom stereocenters. The minimum Gasteiger partial charge on any atom is -0.364 e. The molecule has 1 aromatic rings. The van der Waals surface area contributed by atoms with Gasteiger partial charge in [-0.15, -0.1) is 0 Å². The zero-order valence-corrected chi connectivity index (χ0v) is 9.13. The fourth-order valence-electron chi connectivity index (χ4n) is 2.03. The van der Waals surface area contributed by atoms with Crippen molar-refractivity contribution >= 4 is 23.5 Å². The number of hydrogen-bond donors (Lipinski definition) is 1. The predicted molar refractivity (Wildman–Crippen MR) is 66.0 cm³/mol. The lowest BCUT2D eigenvalue weighted by Gasteiger charge is -2.11. The number of fused-ring (bicyclic) bond motifs is 2. The van der Waals surface area contributed by atoms with Crippen LogP contribution < -0.4 is 16.2 Å². The number of nitrogens with zero attached hydrogens (tertiary/aromatic N) is 2. The van der Waals surface area contributed by atoms with Gasteiger partial charge < -0.3 is 10.6 Å². The Morgan fingerprint density at radius 3 is 3.00 bits per heavy atom. The molecule has 1 amide bonds. The van der Waals surface area contributed by atoms with Crippen molar-refractivity contribution in [3.63, 3.8) is 0 Å². The molecule has 0 saturated carbocycles. The number of primary amides is 1. The summed E-state index contributed by atoms with van der Waals surface area (Å²) in [5.74, 6) is 0.333. The average molecular weight is 225 g/mol. The molecule has 0 aromatic heterocycles. The van der Waals surface area contributed by atoms with Crippen molar-refractivity contribution in [1.29, 1.82) is 0 Å². The fraction of sp³-hybridized carbons (Fsp3) is 0.0769. The zero-order valence-electron chi connectivity index (χ0n) is 9.13. The van der Waals surface area contributed by atoms with Gasteiger partial charge in [0.2, 0.25) is 0 Å². The van der Waals surface area contributed by atoms with Crippen LogP contribution in [0.2, 0.25) is 0 Å². The number of carbonyl (C=O) groups excluding carboxylic acids is 1. The van der Waals surface area contributed by atoms with Crippen molar-refractivity contribution in [2.75, 3.05) is 6.54 Å². The van der Waals surface area contributed by atoms with Gasteiger partial charge in [-0.3, -0.25) is 4.79 Å². The summed E-state index contributed by atoms with van der Waals surface area (Å²) in [5, 5.41) is 2.12. The van der Waals surface area contributed by atoms with Crippen molar-refractivity contribution in [3.8, 4) is 0 Å². The minimum atomic E-state index is -0.458. The molecule has 2 aliphatic heterocycles. The first-order valence-electron chi connectivity index (χ1n) is 5.37. The topological polar surface area (TPSA) is 58.7 Å². The highest BCUT2D eigenvalue weighted by Gasteiger charge is 2.22. The van der Waals surface area contributed by atoms with Crippen LogP contribution in [0.25, 0.3) is 11.9 Å². The Balaban J connectivity index is 2.32. The smallest absolute Gasteiger partial charge is 0.265 e. The maximum absolute atomic E-state index is 11.2. The van der Waals surface area contributed by atoms with Gasteiger partial charge in [0.25, 0.3) is 5.91 Å². The Morgan fingerprint density at radius 2 is 2.18 bits per heavy atom. The van der Waals surface area contributed by atoms with E-state index in [1.54, 1.807) is 0 Å². The summed E-state index contributed by atoms with van der Waals surface area (Å²) in [5.41, 5.74) is 5.67. The number of benzene rings is 1. The molecule has 2 aliphatic rings. The van der Waals surface area contributed by atoms with Gasteiger partial charge in [-0.1, -0.05) is 30.3 Å². The number of amides is 1. The largest absolute Gasteiger partial charge is 0.364 e. The number of aliphatic imine (C=N–C) groups is 1. The van der Waals surface area contributed by atoms with Gasteiger partial charge in [-0.25, -0.2) is 4.99 Å². The lowest BCUT2D eigenvalue weighted by molar-refractivity contribution is -0.112. The maximum atomic E-state index is 11.2. The van der Waals surface area contributed by atoms with Crippen LogP contribution in [-0.2, 0) is 4.79 Å². The van der Waals surface area contributed by atoms with E-state index in [4.69, 9.17) is 5.73 Å². The van der Waals surface area contributed by atoms with Gasteiger partial charge in [-0.05, 0) is 11.3 Å². The first kappa shape index (κ1) is 9.84. The normalized spacial score (nSPS) is 16.8. The van der Waals surface area contributed by atoms with E-state index < -0.39 is 5.91 Å². The Bertz CT molecular complexity index is 670. The highest BCUT2D eigenvalue weighted by atomic mass is 16.1. The summed E-state index contributed by atoms with van der Waals surface area (Å²) < 4.78 is 0. The summed E-state index contributed by atoms with van der Waals surface area (Å²) in [6.45, 7) is 0.448. The molecule has 0 saturated heterocycles. The molecule has 1 aromatic carbocycles. The molecule has 0 radical (unpaired) electrons. The van der Waals surface area contributed by atoms with Crippen molar-refractivity contribution in [3.05, 3.63) is 47.0 Å². The highest BCUT2D eigenvalue weighted by molar-refractivity contribution is 6.40. The van der Waals surface area contributed by atoms with Crippen LogP contribution in [0.4, 0.5) is 0 Å². The maximum Gasteiger partial charge on any atom is 0.265 e. The molecule has 4 nitrogen and oxygen atoms in total. The third kappa shape index (κ3) is 1.54. The summed E-state index contributed by atoms with van der Waals surface area (Å²) in [6.07, 6.45) is 5.89. The molecule has 4 heteroatoms. The van der Waals surface area contributed by atoms with Gasteiger partial charge in [0.15, 0.2) is 0 Å². The van der Waals surface area contributed by atoms with Crippen LogP contribution >= 0.6 is 0 Å². The van der Waals surface area contributed by atoms with E-state index >= 15 is 0 Å². The molecule has 0 bridgehead atoms. The number of hydrogen-bond acceptors (Lipinski definition) is 3. The second kappa shape index (κ2) is 3.59. The predicted octanol–water partition coefficient (Wildman–Crippen LogP) is -0.698. The summed E-state index contributed by atoms with van der Waals surface area (Å²) in [4.78, 5) is 17.4. The van der Waals surface area contributed by atoms with E-state index in [0.717, 1.165) is 16.3 Å². The van der Waals surface area contributed by atoms with Crippen molar-refractivity contribution < 1.29 is 4.79 Å². The van der Waals surface area contributed by atoms with Crippen molar-refractivity contribution in [2.45, 2.75) is 0 Å². The fourth-order valence-corrected chi connectivity index (χ4v) is 2.03. The zero-order chi connectivity index (χ0) is 11.8. The summed E-state index contributed by atoms with van der Waals surface area (Å²) in [6, 6.07) is 7.95. The average Bonchev–Trinajstić information content (AvgIpc) is 2.67. The van der Waals surface area contributed by atoms with Crippen LogP contribution in [-0.4, -0.2) is 23.1 Å². The first-order valence-corrected chi connectivity index (χ1v) is 5.37. The van der Waals surface area contributed by atoms with Gasteiger partial charge in [0.05, 0.1) is 6.54 Å². The highest BCUT2D eigenvalue weighted by Crippen LogP contribution is 2.15. The van der Waals surface area contributed by atoms with E-state index in [-0.39, 0.29) is 0 Å². The van der Waals surface area contributed by atoms with E-state index in [1.165, 1.54) is 0 Å². The molecule has 0 atom stereocenters. The Morgan fingerprint density at radius 1 is 1.35 bits per heavy atom. The Kier molecular flexibility index (Phi) is 2.08. The number of carbonyl (C=O) groups is 1. The minimum absolute atomic E-state index is 0.404. The molecule has 84 valence electrons. The monoisotopic (exact) mass is 225 g/mol. The van der Waals surface area contributed by atoms with E-state index in [2.05, 4.69) is 4.99 Å². The van der Waals surface area contributed by atoms with Crippen LogP contribution in [0, 0.1) is 0 Å².